The molecule has 21 heavy (non-hydrogen) atoms. The van der Waals surface area contributed by atoms with Gasteiger partial charge in [0.05, 0.1) is 12.3 Å². The van der Waals surface area contributed by atoms with E-state index in [0.717, 1.165) is 6.42 Å². The van der Waals surface area contributed by atoms with Gasteiger partial charge in [-0.1, -0.05) is 22.9 Å². The number of carbonyl (C=O) groups excluding carboxylic acids is 1. The summed E-state index contributed by atoms with van der Waals surface area (Å²) in [4.78, 5) is 12.0. The molecule has 0 aliphatic rings. The van der Waals surface area contributed by atoms with Crippen molar-refractivity contribution in [3.05, 3.63) is 58.3 Å². The van der Waals surface area contributed by atoms with E-state index in [-0.39, 0.29) is 11.6 Å². The largest absolute Gasteiger partial charge is 0.494 e. The first-order valence-corrected chi connectivity index (χ1v) is 7.38. The minimum atomic E-state index is -0.486. The van der Waals surface area contributed by atoms with Crippen molar-refractivity contribution in [2.24, 2.45) is 0 Å². The summed E-state index contributed by atoms with van der Waals surface area (Å²) in [5, 5.41) is 2.54. The van der Waals surface area contributed by atoms with Crippen molar-refractivity contribution >= 4 is 27.5 Å². The molecule has 0 saturated carbocycles. The average Bonchev–Trinajstić information content (AvgIpc) is 2.48. The highest BCUT2D eigenvalue weighted by atomic mass is 79.9. The number of carbonyl (C=O) groups is 1. The molecule has 0 aromatic heterocycles. The van der Waals surface area contributed by atoms with Gasteiger partial charge in [-0.05, 0) is 48.9 Å². The maximum atomic E-state index is 13.7. The zero-order chi connectivity index (χ0) is 15.2. The molecule has 0 saturated heterocycles. The van der Waals surface area contributed by atoms with Crippen molar-refractivity contribution in [1.29, 1.82) is 0 Å². The smallest absolute Gasteiger partial charge is 0.255 e. The molecule has 110 valence electrons. The van der Waals surface area contributed by atoms with E-state index in [2.05, 4.69) is 21.2 Å². The lowest BCUT2D eigenvalue weighted by molar-refractivity contribution is 0.102. The topological polar surface area (TPSA) is 38.3 Å². The van der Waals surface area contributed by atoms with Crippen LogP contribution in [-0.2, 0) is 0 Å². The zero-order valence-electron chi connectivity index (χ0n) is 11.5. The number of nitrogens with one attached hydrogen (secondary N) is 1. The van der Waals surface area contributed by atoms with Crippen LogP contribution in [0.1, 0.15) is 23.7 Å². The molecular weight excluding hydrogens is 337 g/mol. The number of amides is 1. The summed E-state index contributed by atoms with van der Waals surface area (Å²) in [7, 11) is 0. The van der Waals surface area contributed by atoms with Gasteiger partial charge in [0.25, 0.3) is 5.91 Å². The Morgan fingerprint density at radius 1 is 1.24 bits per heavy atom. The molecule has 0 spiro atoms. The van der Waals surface area contributed by atoms with Crippen LogP contribution in [0.3, 0.4) is 0 Å². The molecule has 0 aliphatic carbocycles. The normalized spacial score (nSPS) is 10.2. The lowest BCUT2D eigenvalue weighted by Crippen LogP contribution is -2.12. The molecule has 0 radical (unpaired) electrons. The third-order valence-corrected chi connectivity index (χ3v) is 3.26. The van der Waals surface area contributed by atoms with Crippen molar-refractivity contribution in [3.8, 4) is 5.75 Å². The van der Waals surface area contributed by atoms with Gasteiger partial charge < -0.3 is 10.1 Å². The highest BCUT2D eigenvalue weighted by molar-refractivity contribution is 9.10. The van der Waals surface area contributed by atoms with Crippen LogP contribution in [0.2, 0.25) is 0 Å². The highest BCUT2D eigenvalue weighted by Gasteiger charge is 2.09. The van der Waals surface area contributed by atoms with E-state index in [1.807, 2.05) is 6.92 Å². The second-order valence-electron chi connectivity index (χ2n) is 4.45. The quantitative estimate of drug-likeness (QED) is 0.852. The summed E-state index contributed by atoms with van der Waals surface area (Å²) in [6, 6.07) is 11.2. The number of hydrogen-bond donors (Lipinski definition) is 1. The monoisotopic (exact) mass is 351 g/mol. The first-order valence-electron chi connectivity index (χ1n) is 6.59. The molecule has 2 aromatic rings. The molecule has 3 nitrogen and oxygen atoms in total. The number of benzene rings is 2. The van der Waals surface area contributed by atoms with Gasteiger partial charge >= 0.3 is 0 Å². The van der Waals surface area contributed by atoms with Crippen LogP contribution in [0, 0.1) is 5.82 Å². The van der Waals surface area contributed by atoms with Gasteiger partial charge in [-0.25, -0.2) is 4.39 Å². The van der Waals surface area contributed by atoms with Gasteiger partial charge in [-0.2, -0.15) is 0 Å². The lowest BCUT2D eigenvalue weighted by Gasteiger charge is -2.08. The lowest BCUT2D eigenvalue weighted by atomic mass is 10.2. The molecular formula is C16H15BrFNO2. The summed E-state index contributed by atoms with van der Waals surface area (Å²) in [5.41, 5.74) is 0.593. The zero-order valence-corrected chi connectivity index (χ0v) is 13.1. The number of ether oxygens (including phenoxy) is 1. The van der Waals surface area contributed by atoms with Gasteiger partial charge in [0.2, 0.25) is 0 Å². The summed E-state index contributed by atoms with van der Waals surface area (Å²) >= 11 is 3.17. The minimum Gasteiger partial charge on any atom is -0.494 e. The van der Waals surface area contributed by atoms with Crippen LogP contribution in [0.25, 0.3) is 0 Å². The Balaban J connectivity index is 2.06. The summed E-state index contributed by atoms with van der Waals surface area (Å²) in [6.45, 7) is 2.66. The Morgan fingerprint density at radius 3 is 2.57 bits per heavy atom. The van der Waals surface area contributed by atoms with Gasteiger partial charge in [0.1, 0.15) is 11.6 Å². The van der Waals surface area contributed by atoms with E-state index < -0.39 is 5.82 Å². The van der Waals surface area contributed by atoms with Crippen molar-refractivity contribution in [3.63, 3.8) is 0 Å². The second-order valence-corrected chi connectivity index (χ2v) is 5.37. The number of hydrogen-bond acceptors (Lipinski definition) is 2. The van der Waals surface area contributed by atoms with Crippen LogP contribution in [0.15, 0.2) is 46.9 Å². The van der Waals surface area contributed by atoms with Crippen LogP contribution in [0.4, 0.5) is 10.1 Å². The molecule has 0 fully saturated rings. The van der Waals surface area contributed by atoms with E-state index in [0.29, 0.717) is 22.4 Å². The molecule has 1 amide bonds. The first-order chi connectivity index (χ1) is 10.1. The van der Waals surface area contributed by atoms with Gasteiger partial charge in [-0.15, -0.1) is 0 Å². The Hall–Kier alpha value is -1.88. The summed E-state index contributed by atoms with van der Waals surface area (Å²) in [5.74, 6) is -0.137. The molecule has 0 unspecified atom stereocenters. The average molecular weight is 352 g/mol. The van der Waals surface area contributed by atoms with E-state index in [1.165, 1.54) is 12.1 Å². The number of rotatable bonds is 5. The van der Waals surface area contributed by atoms with Crippen LogP contribution < -0.4 is 10.1 Å². The van der Waals surface area contributed by atoms with Gasteiger partial charge in [-0.3, -0.25) is 4.79 Å². The predicted molar refractivity (Wildman–Crippen MR) is 84.3 cm³/mol. The van der Waals surface area contributed by atoms with Crippen molar-refractivity contribution < 1.29 is 13.9 Å². The Kier molecular flexibility index (Phi) is 5.33. The molecule has 0 atom stereocenters. The molecule has 1 N–H and O–H groups in total. The fourth-order valence-corrected chi connectivity index (χ4v) is 2.04. The van der Waals surface area contributed by atoms with Gasteiger partial charge in [0.15, 0.2) is 0 Å². The molecule has 2 rings (SSSR count). The maximum absolute atomic E-state index is 13.7. The van der Waals surface area contributed by atoms with Crippen LogP contribution in [0.5, 0.6) is 5.75 Å². The van der Waals surface area contributed by atoms with Gasteiger partial charge in [0, 0.05) is 10.0 Å². The van der Waals surface area contributed by atoms with E-state index in [9.17, 15) is 9.18 Å². The molecule has 0 aliphatic heterocycles. The first kappa shape index (κ1) is 15.5. The Morgan fingerprint density at radius 2 is 1.95 bits per heavy atom. The fraction of sp³-hybridized carbons (Fsp3) is 0.188. The van der Waals surface area contributed by atoms with E-state index in [4.69, 9.17) is 4.74 Å². The van der Waals surface area contributed by atoms with Crippen LogP contribution in [-0.4, -0.2) is 12.5 Å². The summed E-state index contributed by atoms with van der Waals surface area (Å²) < 4.78 is 19.7. The Bertz CT molecular complexity index is 629. The molecule has 0 bridgehead atoms. The third kappa shape index (κ3) is 4.29. The predicted octanol–water partition coefficient (Wildman–Crippen LogP) is 4.63. The molecule has 5 heteroatoms. The fourth-order valence-electron chi connectivity index (χ4n) is 1.71. The van der Waals surface area contributed by atoms with E-state index >= 15 is 0 Å². The van der Waals surface area contributed by atoms with Crippen molar-refractivity contribution in [2.45, 2.75) is 13.3 Å². The maximum Gasteiger partial charge on any atom is 0.255 e. The third-order valence-electron chi connectivity index (χ3n) is 2.77. The van der Waals surface area contributed by atoms with Crippen molar-refractivity contribution in [1.82, 2.24) is 0 Å². The SMILES string of the molecule is CCCOc1ccc(C(=O)Nc2ccc(Br)cc2F)cc1. The molecule has 2 aromatic carbocycles. The number of anilines is 1. The van der Waals surface area contributed by atoms with E-state index in [1.54, 1.807) is 30.3 Å². The second kappa shape index (κ2) is 7.22. The highest BCUT2D eigenvalue weighted by Crippen LogP contribution is 2.20. The minimum absolute atomic E-state index is 0.148. The van der Waals surface area contributed by atoms with Crippen LogP contribution >= 0.6 is 15.9 Å². The van der Waals surface area contributed by atoms with Crippen molar-refractivity contribution in [2.75, 3.05) is 11.9 Å². The standard InChI is InChI=1S/C16H15BrFNO2/c1-2-9-21-13-6-3-11(4-7-13)16(20)19-15-8-5-12(17)10-14(15)18/h3-8,10H,2,9H2,1H3,(H,19,20). The Labute approximate surface area is 131 Å². The molecule has 0 heterocycles. The number of halogens is 2. The summed E-state index contributed by atoms with van der Waals surface area (Å²) in [6.07, 6.45) is 0.922.